The fraction of sp³-hybridized carbons (Fsp3) is 0.562. The van der Waals surface area contributed by atoms with E-state index in [1.165, 1.54) is 11.1 Å². The van der Waals surface area contributed by atoms with Gasteiger partial charge in [0, 0.05) is 0 Å². The first-order chi connectivity index (χ1) is 8.47. The van der Waals surface area contributed by atoms with Crippen LogP contribution in [-0.4, -0.2) is 10.7 Å². The van der Waals surface area contributed by atoms with Crippen LogP contribution in [0.3, 0.4) is 0 Å². The summed E-state index contributed by atoms with van der Waals surface area (Å²) in [7, 11) is 0. The largest absolute Gasteiger partial charge is 0.388 e. The molecular weight excluding hydrogens is 222 g/mol. The van der Waals surface area contributed by atoms with Crippen molar-refractivity contribution in [1.29, 1.82) is 5.26 Å². The Hall–Kier alpha value is -1.33. The highest BCUT2D eigenvalue weighted by molar-refractivity contribution is 5.39. The maximum absolute atomic E-state index is 10.9. The summed E-state index contributed by atoms with van der Waals surface area (Å²) in [6, 6.07) is 10.6. The van der Waals surface area contributed by atoms with Crippen molar-refractivity contribution >= 4 is 0 Å². The molecule has 0 bridgehead atoms. The minimum atomic E-state index is -0.949. The fourth-order valence-corrected chi connectivity index (χ4v) is 3.03. The standard InChI is InChI=1S/C16H21NO/c1-4-12(2)15(3,18)16(11-17)9-13-7-5-6-8-14(13)10-16/h5-8,12,18H,4,9-10H2,1-3H3. The molecule has 2 nitrogen and oxygen atoms in total. The summed E-state index contributed by atoms with van der Waals surface area (Å²) in [5.74, 6) is 0.117. The first-order valence-corrected chi connectivity index (χ1v) is 6.67. The molecule has 1 aliphatic rings. The number of rotatable bonds is 3. The van der Waals surface area contributed by atoms with E-state index in [0.29, 0.717) is 12.8 Å². The monoisotopic (exact) mass is 243 g/mol. The van der Waals surface area contributed by atoms with Crippen molar-refractivity contribution in [2.45, 2.75) is 45.6 Å². The van der Waals surface area contributed by atoms with Crippen molar-refractivity contribution < 1.29 is 5.11 Å². The molecule has 1 aromatic carbocycles. The Bertz CT molecular complexity index is 459. The molecule has 96 valence electrons. The van der Waals surface area contributed by atoms with Crippen molar-refractivity contribution in [2.75, 3.05) is 0 Å². The van der Waals surface area contributed by atoms with E-state index in [1.54, 1.807) is 0 Å². The lowest BCUT2D eigenvalue weighted by atomic mass is 9.65. The van der Waals surface area contributed by atoms with Gasteiger partial charge in [0.2, 0.25) is 0 Å². The lowest BCUT2D eigenvalue weighted by Crippen LogP contribution is -2.50. The predicted molar refractivity (Wildman–Crippen MR) is 72.0 cm³/mol. The molecule has 1 N–H and O–H groups in total. The van der Waals surface area contributed by atoms with Gasteiger partial charge in [-0.05, 0) is 36.8 Å². The molecule has 2 rings (SSSR count). The first-order valence-electron chi connectivity index (χ1n) is 6.67. The van der Waals surface area contributed by atoms with Crippen molar-refractivity contribution in [3.63, 3.8) is 0 Å². The Morgan fingerprint density at radius 3 is 2.28 bits per heavy atom. The zero-order chi connectivity index (χ0) is 13.4. The third-order valence-corrected chi connectivity index (χ3v) is 4.86. The molecular formula is C16H21NO. The van der Waals surface area contributed by atoms with Gasteiger partial charge in [-0.25, -0.2) is 0 Å². The van der Waals surface area contributed by atoms with Crippen LogP contribution >= 0.6 is 0 Å². The molecule has 2 unspecified atom stereocenters. The summed E-state index contributed by atoms with van der Waals surface area (Å²) in [5, 5.41) is 20.5. The highest BCUT2D eigenvalue weighted by Gasteiger charge is 2.53. The molecule has 0 saturated heterocycles. The summed E-state index contributed by atoms with van der Waals surface area (Å²) in [6.07, 6.45) is 2.21. The van der Waals surface area contributed by atoms with Gasteiger partial charge in [-0.3, -0.25) is 0 Å². The number of nitriles is 1. The van der Waals surface area contributed by atoms with Crippen molar-refractivity contribution in [3.05, 3.63) is 35.4 Å². The van der Waals surface area contributed by atoms with Crippen LogP contribution in [0.4, 0.5) is 0 Å². The summed E-state index contributed by atoms with van der Waals surface area (Å²) in [5.41, 5.74) is 0.798. The highest BCUT2D eigenvalue weighted by atomic mass is 16.3. The number of nitrogens with zero attached hydrogens (tertiary/aromatic N) is 1. The molecule has 2 heteroatoms. The molecule has 2 atom stereocenters. The minimum absolute atomic E-state index is 0.117. The average Bonchev–Trinajstić information content (AvgIpc) is 2.77. The Labute approximate surface area is 109 Å². The molecule has 18 heavy (non-hydrogen) atoms. The van der Waals surface area contributed by atoms with Crippen molar-refractivity contribution in [3.8, 4) is 6.07 Å². The van der Waals surface area contributed by atoms with Gasteiger partial charge in [0.15, 0.2) is 0 Å². The van der Waals surface area contributed by atoms with E-state index in [2.05, 4.69) is 25.1 Å². The van der Waals surface area contributed by atoms with Crippen molar-refractivity contribution in [1.82, 2.24) is 0 Å². The van der Waals surface area contributed by atoms with E-state index < -0.39 is 11.0 Å². The van der Waals surface area contributed by atoms with E-state index >= 15 is 0 Å². The first kappa shape index (κ1) is 13.1. The van der Waals surface area contributed by atoms with Crippen LogP contribution in [0, 0.1) is 22.7 Å². The summed E-state index contributed by atoms with van der Waals surface area (Å²) in [4.78, 5) is 0. The maximum Gasteiger partial charge on any atom is 0.0940 e. The van der Waals surface area contributed by atoms with E-state index in [0.717, 1.165) is 6.42 Å². The maximum atomic E-state index is 10.9. The second kappa shape index (κ2) is 4.40. The Morgan fingerprint density at radius 1 is 1.39 bits per heavy atom. The topological polar surface area (TPSA) is 44.0 Å². The summed E-state index contributed by atoms with van der Waals surface area (Å²) >= 11 is 0. The molecule has 0 heterocycles. The molecule has 0 aromatic heterocycles. The van der Waals surface area contributed by atoms with Crippen LogP contribution in [0.2, 0.25) is 0 Å². The van der Waals surface area contributed by atoms with Gasteiger partial charge in [0.05, 0.1) is 17.1 Å². The number of hydrogen-bond acceptors (Lipinski definition) is 2. The van der Waals surface area contributed by atoms with Gasteiger partial charge < -0.3 is 5.11 Å². The van der Waals surface area contributed by atoms with Crippen LogP contribution < -0.4 is 0 Å². The quantitative estimate of drug-likeness (QED) is 0.886. The number of hydrogen-bond donors (Lipinski definition) is 1. The molecule has 0 fully saturated rings. The highest BCUT2D eigenvalue weighted by Crippen LogP contribution is 2.48. The SMILES string of the molecule is CCC(C)C(C)(O)C1(C#N)Cc2ccccc2C1. The van der Waals surface area contributed by atoms with E-state index in [-0.39, 0.29) is 5.92 Å². The normalized spacial score (nSPS) is 21.7. The molecule has 0 aliphatic heterocycles. The molecule has 1 aromatic rings. The van der Waals surface area contributed by atoms with Gasteiger partial charge in [-0.2, -0.15) is 5.26 Å². The third kappa shape index (κ3) is 1.74. The van der Waals surface area contributed by atoms with Crippen LogP contribution in [0.1, 0.15) is 38.3 Å². The number of fused-ring (bicyclic) bond motifs is 1. The Morgan fingerprint density at radius 2 is 1.89 bits per heavy atom. The summed E-state index contributed by atoms with van der Waals surface area (Å²) in [6.45, 7) is 5.92. The molecule has 0 radical (unpaired) electrons. The lowest BCUT2D eigenvalue weighted by molar-refractivity contribution is -0.0789. The van der Waals surface area contributed by atoms with E-state index in [4.69, 9.17) is 0 Å². The van der Waals surface area contributed by atoms with Gasteiger partial charge in [-0.1, -0.05) is 44.5 Å². The predicted octanol–water partition coefficient (Wildman–Crippen LogP) is 3.09. The van der Waals surface area contributed by atoms with Gasteiger partial charge in [0.25, 0.3) is 0 Å². The smallest absolute Gasteiger partial charge is 0.0940 e. The van der Waals surface area contributed by atoms with Crippen LogP contribution in [-0.2, 0) is 12.8 Å². The second-order valence-electron chi connectivity index (χ2n) is 5.77. The molecule has 0 spiro atoms. The number of benzene rings is 1. The van der Waals surface area contributed by atoms with Gasteiger partial charge >= 0.3 is 0 Å². The van der Waals surface area contributed by atoms with Crippen molar-refractivity contribution in [2.24, 2.45) is 11.3 Å². The lowest BCUT2D eigenvalue weighted by Gasteiger charge is -2.41. The Balaban J connectivity index is 2.40. The second-order valence-corrected chi connectivity index (χ2v) is 5.77. The van der Waals surface area contributed by atoms with Crippen LogP contribution in [0.5, 0.6) is 0 Å². The molecule has 0 amide bonds. The molecule has 1 aliphatic carbocycles. The van der Waals surface area contributed by atoms with Gasteiger partial charge in [0.1, 0.15) is 0 Å². The number of aliphatic hydroxyl groups is 1. The van der Waals surface area contributed by atoms with Gasteiger partial charge in [-0.15, -0.1) is 0 Å². The van der Waals surface area contributed by atoms with Crippen LogP contribution in [0.25, 0.3) is 0 Å². The van der Waals surface area contributed by atoms with Crippen LogP contribution in [0.15, 0.2) is 24.3 Å². The zero-order valence-electron chi connectivity index (χ0n) is 11.4. The molecule has 0 saturated carbocycles. The Kier molecular flexibility index (Phi) is 3.21. The summed E-state index contributed by atoms with van der Waals surface area (Å²) < 4.78 is 0. The van der Waals surface area contributed by atoms with E-state index in [9.17, 15) is 10.4 Å². The zero-order valence-corrected chi connectivity index (χ0v) is 11.4. The fourth-order valence-electron chi connectivity index (χ4n) is 3.03. The van der Waals surface area contributed by atoms with E-state index in [1.807, 2.05) is 26.0 Å². The average molecular weight is 243 g/mol. The third-order valence-electron chi connectivity index (χ3n) is 4.86. The minimum Gasteiger partial charge on any atom is -0.388 e.